The van der Waals surface area contributed by atoms with Crippen molar-refractivity contribution in [2.24, 2.45) is 0 Å². The van der Waals surface area contributed by atoms with Gasteiger partial charge in [0.2, 0.25) is 0 Å². The Hall–Kier alpha value is -4.01. The lowest BCUT2D eigenvalue weighted by Gasteiger charge is -2.10. The van der Waals surface area contributed by atoms with Crippen LogP contribution in [-0.2, 0) is 4.74 Å². The minimum absolute atomic E-state index is 0.240. The van der Waals surface area contributed by atoms with Crippen LogP contribution in [0.25, 0.3) is 0 Å². The van der Waals surface area contributed by atoms with E-state index in [4.69, 9.17) is 9.47 Å². The lowest BCUT2D eigenvalue weighted by molar-refractivity contribution is -0.387. The van der Waals surface area contributed by atoms with Crippen LogP contribution in [0.4, 0.5) is 5.69 Å². The topological polar surface area (TPSA) is 114 Å². The van der Waals surface area contributed by atoms with Crippen molar-refractivity contribution in [3.05, 3.63) is 75.6 Å². The van der Waals surface area contributed by atoms with Crippen molar-refractivity contribution < 1.29 is 23.9 Å². The van der Waals surface area contributed by atoms with Crippen molar-refractivity contribution in [2.45, 2.75) is 13.8 Å². The first-order valence-corrected chi connectivity index (χ1v) is 8.49. The molecule has 0 amide bonds. The quantitative estimate of drug-likeness (QED) is 0.343. The number of esters is 1. The van der Waals surface area contributed by atoms with Gasteiger partial charge in [0.05, 0.1) is 17.6 Å². The molecule has 3 aromatic rings. The second-order valence-corrected chi connectivity index (χ2v) is 6.13. The highest BCUT2D eigenvalue weighted by Gasteiger charge is 2.27. The summed E-state index contributed by atoms with van der Waals surface area (Å²) < 4.78 is 15.8. The monoisotopic (exact) mass is 395 g/mol. The third-order valence-electron chi connectivity index (χ3n) is 3.84. The Morgan fingerprint density at radius 3 is 2.00 bits per heavy atom. The first-order valence-electron chi connectivity index (χ1n) is 8.49. The maximum absolute atomic E-state index is 11.6. The Morgan fingerprint density at radius 1 is 0.931 bits per heavy atom. The maximum atomic E-state index is 11.6. The Bertz CT molecular complexity index is 1050. The molecule has 29 heavy (non-hydrogen) atoms. The molecule has 0 N–H and O–H groups in total. The first kappa shape index (κ1) is 19.7. The molecular weight excluding hydrogens is 378 g/mol. The van der Waals surface area contributed by atoms with Crippen molar-refractivity contribution in [3.8, 4) is 23.3 Å². The van der Waals surface area contributed by atoms with Crippen LogP contribution in [0.2, 0.25) is 0 Å². The molecule has 2 aromatic carbocycles. The Kier molecular flexibility index (Phi) is 5.68. The highest BCUT2D eigenvalue weighted by molar-refractivity contribution is 5.89. The van der Waals surface area contributed by atoms with Gasteiger partial charge in [-0.05, 0) is 61.4 Å². The van der Waals surface area contributed by atoms with Crippen LogP contribution < -0.4 is 9.47 Å². The van der Waals surface area contributed by atoms with Gasteiger partial charge in [-0.3, -0.25) is 10.1 Å². The number of methoxy groups -OCH3 is 1. The standard InChI is InChI=1S/C20H17N3O6/c1-12-8-13(2)10-16(9-12)29-19-17(23(25)26)18(21-11-22-19)28-15-6-4-14(5-7-15)20(24)27-3/h4-11H,1-3H3. The van der Waals surface area contributed by atoms with E-state index < -0.39 is 16.6 Å². The smallest absolute Gasteiger partial charge is 0.393 e. The zero-order valence-corrected chi connectivity index (χ0v) is 15.9. The predicted octanol–water partition coefficient (Wildman–Crippen LogP) is 4.37. The predicted molar refractivity (Wildman–Crippen MR) is 103 cm³/mol. The Morgan fingerprint density at radius 2 is 1.48 bits per heavy atom. The van der Waals surface area contributed by atoms with Crippen LogP contribution in [0.3, 0.4) is 0 Å². The van der Waals surface area contributed by atoms with E-state index >= 15 is 0 Å². The number of hydrogen-bond acceptors (Lipinski definition) is 8. The molecule has 0 atom stereocenters. The molecule has 0 aliphatic carbocycles. The molecule has 0 spiro atoms. The summed E-state index contributed by atoms with van der Waals surface area (Å²) >= 11 is 0. The number of nitro groups is 1. The summed E-state index contributed by atoms with van der Waals surface area (Å²) in [4.78, 5) is 30.2. The van der Waals surface area contributed by atoms with Crippen molar-refractivity contribution in [3.63, 3.8) is 0 Å². The van der Waals surface area contributed by atoms with Gasteiger partial charge in [0.25, 0.3) is 0 Å². The molecule has 3 rings (SSSR count). The van der Waals surface area contributed by atoms with E-state index in [1.54, 1.807) is 12.1 Å². The fourth-order valence-electron chi connectivity index (χ4n) is 2.65. The summed E-state index contributed by atoms with van der Waals surface area (Å²) in [6, 6.07) is 11.3. The third kappa shape index (κ3) is 4.64. The van der Waals surface area contributed by atoms with Crippen LogP contribution in [0.15, 0.2) is 48.8 Å². The van der Waals surface area contributed by atoms with E-state index in [-0.39, 0.29) is 17.5 Å². The summed E-state index contributed by atoms with van der Waals surface area (Å²) in [5, 5.41) is 11.6. The largest absolute Gasteiger partial charge is 0.465 e. The zero-order chi connectivity index (χ0) is 21.0. The summed E-state index contributed by atoms with van der Waals surface area (Å²) in [6.45, 7) is 3.78. The molecule has 0 aliphatic heterocycles. The number of carbonyl (C=O) groups is 1. The summed E-state index contributed by atoms with van der Waals surface area (Å²) in [5.41, 5.74) is 1.69. The highest BCUT2D eigenvalue weighted by atomic mass is 16.6. The molecule has 9 heteroatoms. The number of ether oxygens (including phenoxy) is 3. The molecule has 0 fully saturated rings. The van der Waals surface area contributed by atoms with Crippen LogP contribution >= 0.6 is 0 Å². The van der Waals surface area contributed by atoms with Crippen molar-refractivity contribution in [1.82, 2.24) is 9.97 Å². The van der Waals surface area contributed by atoms with E-state index in [2.05, 4.69) is 14.7 Å². The summed E-state index contributed by atoms with van der Waals surface area (Å²) in [5.74, 6) is -0.366. The number of carbonyl (C=O) groups excluding carboxylic acids is 1. The second-order valence-electron chi connectivity index (χ2n) is 6.13. The molecule has 0 aliphatic rings. The molecule has 0 saturated heterocycles. The Balaban J connectivity index is 1.92. The molecule has 0 saturated carbocycles. The molecule has 148 valence electrons. The maximum Gasteiger partial charge on any atom is 0.393 e. The Labute approximate surface area is 166 Å². The van der Waals surface area contributed by atoms with Crippen LogP contribution in [-0.4, -0.2) is 28.0 Å². The van der Waals surface area contributed by atoms with E-state index in [0.717, 1.165) is 17.5 Å². The number of hydrogen-bond donors (Lipinski definition) is 0. The molecule has 0 bridgehead atoms. The first-order chi connectivity index (χ1) is 13.9. The van der Waals surface area contributed by atoms with Gasteiger partial charge in [-0.2, -0.15) is 9.97 Å². The van der Waals surface area contributed by atoms with Crippen LogP contribution in [0, 0.1) is 24.0 Å². The lowest BCUT2D eigenvalue weighted by atomic mass is 10.1. The van der Waals surface area contributed by atoms with Gasteiger partial charge in [-0.15, -0.1) is 0 Å². The molecule has 0 unspecified atom stereocenters. The average Bonchev–Trinajstić information content (AvgIpc) is 2.67. The average molecular weight is 395 g/mol. The number of aryl methyl sites for hydroxylation is 2. The van der Waals surface area contributed by atoms with Gasteiger partial charge in [0.15, 0.2) is 0 Å². The zero-order valence-electron chi connectivity index (χ0n) is 15.9. The van der Waals surface area contributed by atoms with Gasteiger partial charge in [-0.1, -0.05) is 6.07 Å². The second kappa shape index (κ2) is 8.34. The normalized spacial score (nSPS) is 10.3. The number of nitrogens with zero attached hydrogens (tertiary/aromatic N) is 3. The van der Waals surface area contributed by atoms with E-state index in [0.29, 0.717) is 11.3 Å². The number of benzene rings is 2. The fraction of sp³-hybridized carbons (Fsp3) is 0.150. The van der Waals surface area contributed by atoms with Gasteiger partial charge in [0, 0.05) is 0 Å². The summed E-state index contributed by atoms with van der Waals surface area (Å²) in [6.07, 6.45) is 1.11. The van der Waals surface area contributed by atoms with E-state index in [1.165, 1.54) is 31.4 Å². The minimum Gasteiger partial charge on any atom is -0.465 e. The fourth-order valence-corrected chi connectivity index (χ4v) is 2.65. The highest BCUT2D eigenvalue weighted by Crippen LogP contribution is 2.37. The van der Waals surface area contributed by atoms with E-state index in [1.807, 2.05) is 19.9 Å². The van der Waals surface area contributed by atoms with Crippen molar-refractivity contribution in [2.75, 3.05) is 7.11 Å². The molecular formula is C20H17N3O6. The van der Waals surface area contributed by atoms with Gasteiger partial charge in [0.1, 0.15) is 17.8 Å². The van der Waals surface area contributed by atoms with Crippen LogP contribution in [0.5, 0.6) is 23.3 Å². The lowest BCUT2D eigenvalue weighted by Crippen LogP contribution is -2.02. The molecule has 9 nitrogen and oxygen atoms in total. The SMILES string of the molecule is COC(=O)c1ccc(Oc2ncnc(Oc3cc(C)cc(C)c3)c2[N+](=O)[O-])cc1. The molecule has 1 aromatic heterocycles. The number of rotatable bonds is 6. The van der Waals surface area contributed by atoms with Crippen molar-refractivity contribution >= 4 is 11.7 Å². The third-order valence-corrected chi connectivity index (χ3v) is 3.84. The summed E-state index contributed by atoms with van der Waals surface area (Å²) in [7, 11) is 1.27. The molecule has 1 heterocycles. The van der Waals surface area contributed by atoms with Crippen molar-refractivity contribution in [1.29, 1.82) is 0 Å². The van der Waals surface area contributed by atoms with Gasteiger partial charge >= 0.3 is 23.4 Å². The van der Waals surface area contributed by atoms with E-state index in [9.17, 15) is 14.9 Å². The molecule has 0 radical (unpaired) electrons. The van der Waals surface area contributed by atoms with Gasteiger partial charge < -0.3 is 14.2 Å². The number of aromatic nitrogens is 2. The minimum atomic E-state index is -0.670. The van der Waals surface area contributed by atoms with Gasteiger partial charge in [-0.25, -0.2) is 4.79 Å². The van der Waals surface area contributed by atoms with Crippen LogP contribution in [0.1, 0.15) is 21.5 Å².